The fraction of sp³-hybridized carbons (Fsp3) is 0.222. The first-order valence-corrected chi connectivity index (χ1v) is 8.30. The summed E-state index contributed by atoms with van der Waals surface area (Å²) in [5.41, 5.74) is 1.26. The number of aryl methyl sites for hydroxylation is 1. The minimum atomic E-state index is -0.401. The normalized spacial score (nSPS) is 10.2. The minimum Gasteiger partial charge on any atom is -0.484 e. The number of carbonyl (C=O) groups excluding carboxylic acids is 2. The highest BCUT2D eigenvalue weighted by Crippen LogP contribution is 2.29. The standard InChI is InChI=1S/C18H18Cl2N2O3/c1-12-6-3-4-9-15(12)25-11-17(24)22(2)10-16(23)21-18-13(19)7-5-8-14(18)20/h3-9H,10-11H2,1-2H3,(H,21,23). The molecule has 0 fully saturated rings. The van der Waals surface area contributed by atoms with Gasteiger partial charge in [0.1, 0.15) is 5.75 Å². The van der Waals surface area contributed by atoms with Gasteiger partial charge in [-0.2, -0.15) is 0 Å². The lowest BCUT2D eigenvalue weighted by atomic mass is 10.2. The van der Waals surface area contributed by atoms with Crippen LogP contribution in [0.5, 0.6) is 5.75 Å². The number of amides is 2. The molecule has 0 radical (unpaired) electrons. The number of ether oxygens (including phenoxy) is 1. The van der Waals surface area contributed by atoms with Crippen molar-refractivity contribution in [3.8, 4) is 5.75 Å². The number of nitrogens with zero attached hydrogens (tertiary/aromatic N) is 1. The highest BCUT2D eigenvalue weighted by molar-refractivity contribution is 6.39. The molecule has 0 aliphatic rings. The average Bonchev–Trinajstić information content (AvgIpc) is 2.57. The molecular formula is C18H18Cl2N2O3. The molecule has 7 heteroatoms. The van der Waals surface area contributed by atoms with Gasteiger partial charge in [0, 0.05) is 7.05 Å². The Kier molecular flexibility index (Phi) is 6.67. The lowest BCUT2D eigenvalue weighted by Crippen LogP contribution is -2.37. The van der Waals surface area contributed by atoms with Gasteiger partial charge in [-0.1, -0.05) is 47.5 Å². The molecule has 2 aromatic carbocycles. The van der Waals surface area contributed by atoms with Crippen molar-refractivity contribution in [1.29, 1.82) is 0 Å². The molecule has 0 saturated heterocycles. The van der Waals surface area contributed by atoms with E-state index in [0.717, 1.165) is 5.56 Å². The molecule has 0 aromatic heterocycles. The summed E-state index contributed by atoms with van der Waals surface area (Å²) in [5.74, 6) is -0.0815. The molecule has 5 nitrogen and oxygen atoms in total. The number of halogens is 2. The number of rotatable bonds is 6. The largest absolute Gasteiger partial charge is 0.484 e. The van der Waals surface area contributed by atoms with Crippen molar-refractivity contribution in [3.05, 3.63) is 58.1 Å². The lowest BCUT2D eigenvalue weighted by molar-refractivity contribution is -0.135. The Hall–Kier alpha value is -2.24. The summed E-state index contributed by atoms with van der Waals surface area (Å²) in [6, 6.07) is 12.3. The predicted octanol–water partition coefficient (Wildman–Crippen LogP) is 3.78. The number of anilines is 1. The van der Waals surface area contributed by atoms with Gasteiger partial charge >= 0.3 is 0 Å². The van der Waals surface area contributed by atoms with Gasteiger partial charge in [-0.05, 0) is 30.7 Å². The Morgan fingerprint density at radius 2 is 1.72 bits per heavy atom. The van der Waals surface area contributed by atoms with E-state index in [2.05, 4.69) is 5.32 Å². The van der Waals surface area contributed by atoms with E-state index in [1.165, 1.54) is 11.9 Å². The molecule has 0 saturated carbocycles. The van der Waals surface area contributed by atoms with Crippen molar-refractivity contribution >= 4 is 40.7 Å². The third-order valence-corrected chi connectivity index (χ3v) is 4.11. The van der Waals surface area contributed by atoms with Crippen LogP contribution in [-0.4, -0.2) is 36.9 Å². The Morgan fingerprint density at radius 3 is 2.36 bits per heavy atom. The molecule has 132 valence electrons. The highest BCUT2D eigenvalue weighted by Gasteiger charge is 2.16. The maximum Gasteiger partial charge on any atom is 0.260 e. The van der Waals surface area contributed by atoms with E-state index in [4.69, 9.17) is 27.9 Å². The molecule has 0 heterocycles. The molecule has 2 aromatic rings. The Balaban J connectivity index is 1.88. The molecule has 25 heavy (non-hydrogen) atoms. The highest BCUT2D eigenvalue weighted by atomic mass is 35.5. The van der Waals surface area contributed by atoms with Gasteiger partial charge in [-0.25, -0.2) is 0 Å². The first-order chi connectivity index (χ1) is 11.9. The molecule has 2 amide bonds. The van der Waals surface area contributed by atoms with E-state index in [0.29, 0.717) is 21.5 Å². The molecule has 2 rings (SSSR count). The van der Waals surface area contributed by atoms with Crippen LogP contribution < -0.4 is 10.1 Å². The predicted molar refractivity (Wildman–Crippen MR) is 99.4 cm³/mol. The summed E-state index contributed by atoms with van der Waals surface area (Å²) in [5, 5.41) is 3.27. The van der Waals surface area contributed by atoms with E-state index in [1.54, 1.807) is 24.3 Å². The quantitative estimate of drug-likeness (QED) is 0.829. The lowest BCUT2D eigenvalue weighted by Gasteiger charge is -2.18. The Morgan fingerprint density at radius 1 is 1.08 bits per heavy atom. The van der Waals surface area contributed by atoms with E-state index in [-0.39, 0.29) is 19.1 Å². The second-order valence-corrected chi connectivity index (χ2v) is 6.26. The van der Waals surface area contributed by atoms with Crippen LogP contribution in [0.2, 0.25) is 10.0 Å². The van der Waals surface area contributed by atoms with Crippen LogP contribution in [0, 0.1) is 6.92 Å². The van der Waals surface area contributed by atoms with Crippen LogP contribution in [-0.2, 0) is 9.59 Å². The summed E-state index contributed by atoms with van der Waals surface area (Å²) in [6.07, 6.45) is 0. The molecule has 0 aliphatic carbocycles. The minimum absolute atomic E-state index is 0.141. The van der Waals surface area contributed by atoms with Gasteiger partial charge in [0.25, 0.3) is 5.91 Å². The third-order valence-electron chi connectivity index (χ3n) is 3.48. The Bertz CT molecular complexity index is 760. The van der Waals surface area contributed by atoms with Crippen molar-refractivity contribution in [2.45, 2.75) is 6.92 Å². The van der Waals surface area contributed by atoms with Crippen LogP contribution in [0.15, 0.2) is 42.5 Å². The van der Waals surface area contributed by atoms with E-state index < -0.39 is 5.91 Å². The van der Waals surface area contributed by atoms with E-state index >= 15 is 0 Å². The van der Waals surface area contributed by atoms with E-state index in [9.17, 15) is 9.59 Å². The van der Waals surface area contributed by atoms with Crippen molar-refractivity contribution < 1.29 is 14.3 Å². The summed E-state index contributed by atoms with van der Waals surface area (Å²) in [6.45, 7) is 1.60. The second kappa shape index (κ2) is 8.74. The van der Waals surface area contributed by atoms with Crippen LogP contribution in [0.4, 0.5) is 5.69 Å². The summed E-state index contributed by atoms with van der Waals surface area (Å²) < 4.78 is 5.49. The average molecular weight is 381 g/mol. The summed E-state index contributed by atoms with van der Waals surface area (Å²) in [7, 11) is 1.53. The fourth-order valence-electron chi connectivity index (χ4n) is 2.07. The van der Waals surface area contributed by atoms with Crippen molar-refractivity contribution in [2.75, 3.05) is 25.5 Å². The molecule has 0 aliphatic heterocycles. The number of hydrogen-bond donors (Lipinski definition) is 1. The number of carbonyl (C=O) groups is 2. The van der Waals surface area contributed by atoms with Gasteiger partial charge < -0.3 is 15.0 Å². The number of nitrogens with one attached hydrogen (secondary N) is 1. The molecule has 0 atom stereocenters. The van der Waals surface area contributed by atoms with Gasteiger partial charge in [-0.3, -0.25) is 9.59 Å². The SMILES string of the molecule is Cc1ccccc1OCC(=O)N(C)CC(=O)Nc1c(Cl)cccc1Cl. The monoisotopic (exact) mass is 380 g/mol. The summed E-state index contributed by atoms with van der Waals surface area (Å²) >= 11 is 12.0. The van der Waals surface area contributed by atoms with Gasteiger partial charge in [0.15, 0.2) is 6.61 Å². The molecule has 1 N–H and O–H groups in total. The Labute approximate surface area is 156 Å². The molecule has 0 unspecified atom stereocenters. The van der Waals surface area contributed by atoms with Crippen molar-refractivity contribution in [2.24, 2.45) is 0 Å². The smallest absolute Gasteiger partial charge is 0.260 e. The zero-order valence-electron chi connectivity index (χ0n) is 13.9. The fourth-order valence-corrected chi connectivity index (χ4v) is 2.56. The first kappa shape index (κ1) is 19.1. The topological polar surface area (TPSA) is 58.6 Å². The number of hydrogen-bond acceptors (Lipinski definition) is 3. The van der Waals surface area contributed by atoms with Gasteiger partial charge in [0.05, 0.1) is 22.3 Å². The number of benzene rings is 2. The third kappa shape index (κ3) is 5.37. The number of likely N-dealkylation sites (N-methyl/N-ethyl adjacent to an activating group) is 1. The first-order valence-electron chi connectivity index (χ1n) is 7.54. The zero-order chi connectivity index (χ0) is 18.4. The van der Waals surface area contributed by atoms with Gasteiger partial charge in [-0.15, -0.1) is 0 Å². The van der Waals surface area contributed by atoms with Crippen LogP contribution >= 0.6 is 23.2 Å². The van der Waals surface area contributed by atoms with Crippen LogP contribution in [0.1, 0.15) is 5.56 Å². The van der Waals surface area contributed by atoms with E-state index in [1.807, 2.05) is 25.1 Å². The maximum atomic E-state index is 12.1. The van der Waals surface area contributed by atoms with Crippen molar-refractivity contribution in [1.82, 2.24) is 4.90 Å². The van der Waals surface area contributed by atoms with Crippen LogP contribution in [0.25, 0.3) is 0 Å². The van der Waals surface area contributed by atoms with Gasteiger partial charge in [0.2, 0.25) is 5.91 Å². The zero-order valence-corrected chi connectivity index (χ0v) is 15.4. The summed E-state index contributed by atoms with van der Waals surface area (Å²) in [4.78, 5) is 25.5. The van der Waals surface area contributed by atoms with Crippen LogP contribution in [0.3, 0.4) is 0 Å². The second-order valence-electron chi connectivity index (χ2n) is 5.45. The maximum absolute atomic E-state index is 12.1. The molecule has 0 bridgehead atoms. The molecular weight excluding hydrogens is 363 g/mol. The van der Waals surface area contributed by atoms with Crippen molar-refractivity contribution in [3.63, 3.8) is 0 Å². The molecule has 0 spiro atoms. The number of para-hydroxylation sites is 2.